The molecule has 0 unspecified atom stereocenters. The number of benzene rings is 2. The quantitative estimate of drug-likeness (QED) is 0.576. The normalized spacial score (nSPS) is 15.5. The fourth-order valence-corrected chi connectivity index (χ4v) is 2.96. The van der Waals surface area contributed by atoms with Crippen molar-refractivity contribution in [2.75, 3.05) is 11.9 Å². The zero-order valence-electron chi connectivity index (χ0n) is 17.0. The fraction of sp³-hybridized carbons (Fsp3) is 0.190. The van der Waals surface area contributed by atoms with Gasteiger partial charge in [-0.05, 0) is 29.8 Å². The van der Waals surface area contributed by atoms with E-state index in [9.17, 15) is 28.0 Å². The number of Topliss-reactive ketones (excluding diaryl/α,β-unsaturated/α-hetero) is 1. The molecule has 1 heterocycles. The van der Waals surface area contributed by atoms with E-state index in [0.29, 0.717) is 6.07 Å². The summed E-state index contributed by atoms with van der Waals surface area (Å²) in [6.07, 6.45) is 0.851. The summed E-state index contributed by atoms with van der Waals surface area (Å²) in [5.74, 6) is -3.95. The maximum absolute atomic E-state index is 14.3. The van der Waals surface area contributed by atoms with Gasteiger partial charge < -0.3 is 4.84 Å². The molecule has 166 valence electrons. The molecule has 1 aliphatic heterocycles. The molecule has 32 heavy (non-hydrogen) atoms. The first kappa shape index (κ1) is 22.5. The average Bonchev–Trinajstić information content (AvgIpc) is 2.77. The number of halogens is 2. The summed E-state index contributed by atoms with van der Waals surface area (Å²) in [6, 6.07) is 5.96. The summed E-state index contributed by atoms with van der Waals surface area (Å²) in [5, 5.41) is 4.51. The molecule has 3 amide bonds. The Morgan fingerprint density at radius 1 is 1.19 bits per heavy atom. The van der Waals surface area contributed by atoms with Crippen molar-refractivity contribution in [3.63, 3.8) is 0 Å². The first-order valence-electron chi connectivity index (χ1n) is 9.42. The maximum atomic E-state index is 14.3. The van der Waals surface area contributed by atoms with Gasteiger partial charge in [-0.25, -0.2) is 23.4 Å². The minimum absolute atomic E-state index is 0.0201. The number of anilines is 1. The van der Waals surface area contributed by atoms with Gasteiger partial charge in [0.25, 0.3) is 5.91 Å². The average molecular weight is 444 g/mol. The molecule has 0 fully saturated rings. The van der Waals surface area contributed by atoms with E-state index >= 15 is 0 Å². The number of hydrazone groups is 1. The van der Waals surface area contributed by atoms with Gasteiger partial charge in [0.1, 0.15) is 11.6 Å². The van der Waals surface area contributed by atoms with E-state index in [1.54, 1.807) is 0 Å². The van der Waals surface area contributed by atoms with Crippen LogP contribution in [-0.2, 0) is 19.2 Å². The number of ketones is 1. The van der Waals surface area contributed by atoms with E-state index in [0.717, 1.165) is 22.2 Å². The molecular weight excluding hydrogens is 426 g/mol. The third-order valence-corrected chi connectivity index (χ3v) is 4.56. The van der Waals surface area contributed by atoms with Gasteiger partial charge in [-0.1, -0.05) is 19.1 Å². The predicted molar refractivity (Wildman–Crippen MR) is 109 cm³/mol. The number of nitrogens with zero attached hydrogens (tertiary/aromatic N) is 3. The monoisotopic (exact) mass is 444 g/mol. The van der Waals surface area contributed by atoms with Crippen molar-refractivity contribution < 1.29 is 32.8 Å². The number of likely N-dealkylation sites (N-methyl/N-ethyl adjacent to an activating group) is 1. The Morgan fingerprint density at radius 3 is 2.62 bits per heavy atom. The Morgan fingerprint density at radius 2 is 1.94 bits per heavy atom. The third kappa shape index (κ3) is 4.61. The van der Waals surface area contributed by atoms with Gasteiger partial charge in [-0.2, -0.15) is 10.6 Å². The second-order valence-electron chi connectivity index (χ2n) is 6.69. The largest absolute Gasteiger partial charge is 0.356 e. The molecule has 11 heteroatoms. The molecule has 1 N–H and O–H groups in total. The molecule has 2 aromatic carbocycles. The van der Waals surface area contributed by atoms with Gasteiger partial charge in [0.2, 0.25) is 5.78 Å². The van der Waals surface area contributed by atoms with Gasteiger partial charge in [0, 0.05) is 30.8 Å². The van der Waals surface area contributed by atoms with Crippen LogP contribution >= 0.6 is 0 Å². The van der Waals surface area contributed by atoms with E-state index in [1.807, 2.05) is 5.48 Å². The van der Waals surface area contributed by atoms with Crippen LogP contribution in [0.15, 0.2) is 47.6 Å². The van der Waals surface area contributed by atoms with Crippen LogP contribution in [0.3, 0.4) is 0 Å². The number of hydroxylamine groups is 1. The lowest BCUT2D eigenvalue weighted by Crippen LogP contribution is -2.58. The van der Waals surface area contributed by atoms with Crippen LogP contribution in [0.5, 0.6) is 0 Å². The summed E-state index contributed by atoms with van der Waals surface area (Å²) in [7, 11) is 1.30. The zero-order valence-corrected chi connectivity index (χ0v) is 17.0. The van der Waals surface area contributed by atoms with Crippen LogP contribution in [0.2, 0.25) is 0 Å². The van der Waals surface area contributed by atoms with E-state index in [2.05, 4.69) is 9.94 Å². The minimum Gasteiger partial charge on any atom is -0.339 e. The molecule has 0 aromatic heterocycles. The van der Waals surface area contributed by atoms with Crippen molar-refractivity contribution >= 4 is 35.6 Å². The molecule has 0 bridgehead atoms. The smallest absolute Gasteiger partial charge is 0.339 e. The Balaban J connectivity index is 2.06. The molecule has 0 spiro atoms. The molecular formula is C21H18F2N4O5. The van der Waals surface area contributed by atoms with Gasteiger partial charge >= 0.3 is 12.0 Å². The Hall–Kier alpha value is -4.15. The molecule has 2 aromatic rings. The molecule has 9 nitrogen and oxygen atoms in total. The number of carbonyl (C=O) groups is 4. The van der Waals surface area contributed by atoms with Gasteiger partial charge in [-0.3, -0.25) is 14.5 Å². The van der Waals surface area contributed by atoms with Gasteiger partial charge in [0.05, 0.1) is 6.21 Å². The van der Waals surface area contributed by atoms with Crippen LogP contribution in [0.4, 0.5) is 19.3 Å². The topological polar surface area (TPSA) is 108 Å². The summed E-state index contributed by atoms with van der Waals surface area (Å²) in [4.78, 5) is 54.9. The number of amides is 3. The first-order valence-corrected chi connectivity index (χ1v) is 9.42. The molecule has 3 rings (SSSR count). The molecule has 1 atom stereocenters. The summed E-state index contributed by atoms with van der Waals surface area (Å²) < 4.78 is 27.6. The summed E-state index contributed by atoms with van der Waals surface area (Å²) >= 11 is 0. The van der Waals surface area contributed by atoms with Crippen molar-refractivity contribution in [2.24, 2.45) is 5.10 Å². The summed E-state index contributed by atoms with van der Waals surface area (Å²) in [5.41, 5.74) is 2.21. The lowest BCUT2D eigenvalue weighted by atomic mass is 10.0. The van der Waals surface area contributed by atoms with Crippen molar-refractivity contribution in [1.82, 2.24) is 10.5 Å². The second kappa shape index (κ2) is 9.33. The molecule has 1 aliphatic rings. The molecule has 0 saturated carbocycles. The highest BCUT2D eigenvalue weighted by molar-refractivity contribution is 6.38. The zero-order chi connectivity index (χ0) is 23.4. The van der Waals surface area contributed by atoms with E-state index in [4.69, 9.17) is 0 Å². The van der Waals surface area contributed by atoms with Crippen LogP contribution in [-0.4, -0.2) is 48.0 Å². The fourth-order valence-electron chi connectivity index (χ4n) is 2.96. The lowest BCUT2D eigenvalue weighted by molar-refractivity contribution is -0.148. The molecule has 0 radical (unpaired) electrons. The van der Waals surface area contributed by atoms with Crippen LogP contribution < -0.4 is 10.4 Å². The number of urea groups is 1. The van der Waals surface area contributed by atoms with Crippen LogP contribution in [0.1, 0.15) is 13.3 Å². The highest BCUT2D eigenvalue weighted by Crippen LogP contribution is 2.29. The molecule has 0 aliphatic carbocycles. The van der Waals surface area contributed by atoms with Crippen molar-refractivity contribution in [2.45, 2.75) is 19.4 Å². The Labute approximate surface area is 181 Å². The van der Waals surface area contributed by atoms with Crippen molar-refractivity contribution in [3.8, 4) is 11.1 Å². The van der Waals surface area contributed by atoms with E-state index < -0.39 is 41.4 Å². The first-order chi connectivity index (χ1) is 15.2. The van der Waals surface area contributed by atoms with E-state index in [-0.39, 0.29) is 23.2 Å². The highest BCUT2D eigenvalue weighted by atomic mass is 19.1. The Bertz CT molecular complexity index is 1120. The number of carbonyl (C=O) groups excluding carboxylic acids is 4. The van der Waals surface area contributed by atoms with Crippen LogP contribution in [0.25, 0.3) is 11.1 Å². The van der Waals surface area contributed by atoms with Gasteiger partial charge in [0.15, 0.2) is 6.04 Å². The maximum Gasteiger partial charge on any atom is 0.356 e. The second-order valence-corrected chi connectivity index (χ2v) is 6.69. The molecule has 0 saturated heterocycles. The minimum atomic E-state index is -1.65. The third-order valence-electron chi connectivity index (χ3n) is 4.56. The summed E-state index contributed by atoms with van der Waals surface area (Å²) in [6.45, 7) is 1.51. The standard InChI is InChI=1S/C21H18F2N4O5/c1-3-18(29)32-25-21(31)27(19-17(28)11-24-26(2)20(19)30)14-6-4-5-12(9-14)15-8-7-13(22)10-16(15)23/h4-11,19H,3H2,1-2H3,(H,25,31)/t19-/m0/s1. The highest BCUT2D eigenvalue weighted by Gasteiger charge is 2.41. The lowest BCUT2D eigenvalue weighted by Gasteiger charge is -2.32. The number of hydrogen-bond acceptors (Lipinski definition) is 6. The predicted octanol–water partition coefficient (Wildman–Crippen LogP) is 2.41. The van der Waals surface area contributed by atoms with Gasteiger partial charge in [-0.15, -0.1) is 0 Å². The number of nitrogens with one attached hydrogen (secondary N) is 1. The van der Waals surface area contributed by atoms with Crippen LogP contribution in [0, 0.1) is 11.6 Å². The van der Waals surface area contributed by atoms with Crippen molar-refractivity contribution in [1.29, 1.82) is 0 Å². The van der Waals surface area contributed by atoms with Crippen molar-refractivity contribution in [3.05, 3.63) is 54.1 Å². The van der Waals surface area contributed by atoms with E-state index in [1.165, 1.54) is 44.3 Å². The SMILES string of the molecule is CCC(=O)ONC(=O)N(c1cccc(-c2ccc(F)cc2F)c1)[C@H]1C(=O)C=NN(C)C1=O. The number of hydrogen-bond donors (Lipinski definition) is 1. The number of rotatable bonds is 4. The Kier molecular flexibility index (Phi) is 6.57.